The Labute approximate surface area is 494 Å². The molecule has 28 heteroatoms. The number of amides is 12. The highest BCUT2D eigenvalue weighted by molar-refractivity contribution is 14.1. The summed E-state index contributed by atoms with van der Waals surface area (Å²) < 4.78 is 9.06. The molecule has 0 spiro atoms. The number of primary amides is 2. The van der Waals surface area contributed by atoms with Crippen LogP contribution < -0.4 is 59.3 Å². The Hall–Kier alpha value is -7.74. The Kier molecular flexibility index (Phi) is 26.9. The third kappa shape index (κ3) is 23.5. The van der Waals surface area contributed by atoms with E-state index < -0.39 is 97.4 Å². The maximum absolute atomic E-state index is 14.3. The van der Waals surface area contributed by atoms with Gasteiger partial charge in [-0.15, -0.1) is 0 Å². The molecule has 0 bridgehead atoms. The number of hydrogen-bond acceptors (Lipinski definition) is 15. The van der Waals surface area contributed by atoms with E-state index in [9.17, 15) is 57.5 Å². The second-order valence-corrected chi connectivity index (χ2v) is 20.9. The summed E-state index contributed by atoms with van der Waals surface area (Å²) in [4.78, 5) is 154. The van der Waals surface area contributed by atoms with Gasteiger partial charge < -0.3 is 68.8 Å². The van der Waals surface area contributed by atoms with E-state index in [1.807, 2.05) is 13.8 Å². The van der Waals surface area contributed by atoms with E-state index in [1.54, 1.807) is 62.4 Å². The fourth-order valence-electron chi connectivity index (χ4n) is 7.78. The van der Waals surface area contributed by atoms with E-state index in [-0.39, 0.29) is 87.8 Å². The maximum Gasteiger partial charge on any atom is 0.367 e. The minimum Gasteiger partial charge on any atom is -0.453 e. The number of halogens is 2. The number of anilines is 3. The lowest BCUT2D eigenvalue weighted by Crippen LogP contribution is -2.54. The molecule has 1 aliphatic heterocycles. The van der Waals surface area contributed by atoms with Crippen LogP contribution >= 0.6 is 45.2 Å². The Morgan fingerprint density at radius 3 is 1.49 bits per heavy atom. The largest absolute Gasteiger partial charge is 0.453 e. The lowest BCUT2D eigenvalue weighted by atomic mass is 10.00. The van der Waals surface area contributed by atoms with Gasteiger partial charge in [0.1, 0.15) is 25.3 Å². The van der Waals surface area contributed by atoms with E-state index >= 15 is 0 Å². The third-order valence-corrected chi connectivity index (χ3v) is 12.8. The number of urea groups is 2. The van der Waals surface area contributed by atoms with Crippen molar-refractivity contribution in [3.63, 3.8) is 0 Å². The molecule has 4 atom stereocenters. The average Bonchev–Trinajstić information content (AvgIpc) is 3.74. The van der Waals surface area contributed by atoms with Crippen molar-refractivity contribution in [1.82, 2.24) is 36.8 Å². The second kappa shape index (κ2) is 33.1. The van der Waals surface area contributed by atoms with Crippen LogP contribution in [0.25, 0.3) is 0 Å². The van der Waals surface area contributed by atoms with Crippen molar-refractivity contribution in [2.24, 2.45) is 23.3 Å². The number of nitrogens with one attached hydrogen (secondary N) is 9. The van der Waals surface area contributed by atoms with E-state index in [1.165, 1.54) is 63.4 Å². The van der Waals surface area contributed by atoms with Crippen molar-refractivity contribution in [3.05, 3.63) is 101 Å². The van der Waals surface area contributed by atoms with Gasteiger partial charge in [0.05, 0.1) is 51.2 Å². The topological polar surface area (TPSA) is 387 Å². The number of rotatable bonds is 31. The van der Waals surface area contributed by atoms with Crippen LogP contribution in [0.5, 0.6) is 0 Å². The quantitative estimate of drug-likeness (QED) is 0.0186. The van der Waals surface area contributed by atoms with Gasteiger partial charge in [0.15, 0.2) is 0 Å². The summed E-state index contributed by atoms with van der Waals surface area (Å²) in [6.45, 7) is 6.98. The molecule has 12 amide bonds. The van der Waals surface area contributed by atoms with E-state index in [2.05, 4.69) is 47.9 Å². The summed E-state index contributed by atoms with van der Waals surface area (Å²) in [5.74, 6) is -6.17. The number of nitrogens with zero attached hydrogens (tertiary/aromatic N) is 1. The van der Waals surface area contributed by atoms with Crippen LogP contribution in [-0.2, 0) is 51.5 Å². The van der Waals surface area contributed by atoms with Crippen LogP contribution in [0.15, 0.2) is 78.9 Å². The van der Waals surface area contributed by atoms with Gasteiger partial charge in [0.25, 0.3) is 23.6 Å². The van der Waals surface area contributed by atoms with Gasteiger partial charge in [-0.1, -0.05) is 52.0 Å². The molecular weight excluding hydrogens is 1280 g/mol. The van der Waals surface area contributed by atoms with Crippen LogP contribution in [-0.4, -0.2) is 123 Å². The van der Waals surface area contributed by atoms with E-state index in [0.717, 1.165) is 17.1 Å². The summed E-state index contributed by atoms with van der Waals surface area (Å²) in [6, 6.07) is 11.3. The molecule has 26 nitrogen and oxygen atoms in total. The lowest BCUT2D eigenvalue weighted by Gasteiger charge is -2.27. The molecule has 0 unspecified atom stereocenters. The molecule has 3 aromatic rings. The molecule has 1 aliphatic rings. The number of imide groups is 1. The van der Waals surface area contributed by atoms with Crippen molar-refractivity contribution in [2.45, 2.75) is 97.2 Å². The summed E-state index contributed by atoms with van der Waals surface area (Å²) in [5, 5.41) is 24.7. The van der Waals surface area contributed by atoms with Crippen LogP contribution in [0.3, 0.4) is 0 Å². The molecule has 0 fully saturated rings. The standard InChI is InChI=1S/C53H66I2N12O14/c1-29(2)40(26-60-38(7-5-20-58-52(56)78)47(73)62-35-13-9-31(10-14-35)27-80-50(54)76)65-45(71)33-23-34(25-37(24-33)61-41(68)19-22-67-42(69)17-18-43(67)70)46(72)66-44(30(3)4)49(75)64-39(8-6-21-59-53(57)79)48(74)63-36-15-11-32(12-16-36)28-81-51(55)77/h9-18,23-25,29-30,38-40,44,60H,5-8,19-22,26-28H2,1-4H3,(H,61,68)(H,62,73)(H,63,74)(H,64,75)(H,65,71)(H,66,72)(H3,56,58,78)(H3,57,59,79)/t38-,39-,40+,44-/m0/s1. The highest BCUT2D eigenvalue weighted by atomic mass is 127. The predicted octanol–water partition coefficient (Wildman–Crippen LogP) is 4.21. The van der Waals surface area contributed by atoms with Crippen molar-refractivity contribution in [3.8, 4) is 0 Å². The molecule has 0 radical (unpaired) electrons. The van der Waals surface area contributed by atoms with Crippen molar-refractivity contribution < 1.29 is 67.0 Å². The fraction of sp³-hybridized carbons (Fsp3) is 0.396. The summed E-state index contributed by atoms with van der Waals surface area (Å²) >= 11 is 3.02. The Balaban J connectivity index is 1.59. The van der Waals surface area contributed by atoms with E-state index in [4.69, 9.17) is 20.9 Å². The summed E-state index contributed by atoms with van der Waals surface area (Å²) in [7, 11) is 0. The van der Waals surface area contributed by atoms with Gasteiger partial charge >= 0.3 is 20.0 Å². The molecule has 0 aromatic heterocycles. The molecule has 0 saturated heterocycles. The molecule has 81 heavy (non-hydrogen) atoms. The molecule has 3 aromatic carbocycles. The minimum atomic E-state index is -1.30. The zero-order valence-electron chi connectivity index (χ0n) is 44.8. The van der Waals surface area contributed by atoms with Gasteiger partial charge in [-0.2, -0.15) is 0 Å². The lowest BCUT2D eigenvalue weighted by molar-refractivity contribution is -0.137. The molecule has 1 heterocycles. The van der Waals surface area contributed by atoms with Gasteiger partial charge in [-0.05, 0) is 91.1 Å². The van der Waals surface area contributed by atoms with Crippen LogP contribution in [0.4, 0.5) is 36.2 Å². The summed E-state index contributed by atoms with van der Waals surface area (Å²) in [5.41, 5.74) is 12.3. The average molecular weight is 1350 g/mol. The van der Waals surface area contributed by atoms with Crippen LogP contribution in [0.1, 0.15) is 91.6 Å². The highest BCUT2D eigenvalue weighted by Gasteiger charge is 2.31. The molecule has 0 saturated carbocycles. The highest BCUT2D eigenvalue weighted by Crippen LogP contribution is 2.20. The zero-order valence-corrected chi connectivity index (χ0v) is 49.1. The molecule has 0 aliphatic carbocycles. The van der Waals surface area contributed by atoms with Crippen LogP contribution in [0, 0.1) is 11.8 Å². The monoisotopic (exact) mass is 1350 g/mol. The number of nitrogens with two attached hydrogens (primary N) is 2. The van der Waals surface area contributed by atoms with Gasteiger partial charge in [-0.3, -0.25) is 43.3 Å². The van der Waals surface area contributed by atoms with Gasteiger partial charge in [-0.25, -0.2) is 19.2 Å². The van der Waals surface area contributed by atoms with Gasteiger partial charge in [0, 0.05) is 79.0 Å². The molecular formula is C53H66I2N12O14. The normalized spacial score (nSPS) is 13.3. The Morgan fingerprint density at radius 1 is 0.568 bits per heavy atom. The van der Waals surface area contributed by atoms with Crippen molar-refractivity contribution in [2.75, 3.05) is 42.1 Å². The van der Waals surface area contributed by atoms with Crippen LogP contribution in [0.2, 0.25) is 0 Å². The molecule has 4 rings (SSSR count). The van der Waals surface area contributed by atoms with Gasteiger partial charge in [0.2, 0.25) is 23.6 Å². The summed E-state index contributed by atoms with van der Waals surface area (Å²) in [6.07, 6.45) is 2.56. The Bertz CT molecular complexity index is 2800. The molecule has 13 N–H and O–H groups in total. The third-order valence-electron chi connectivity index (χ3n) is 12.2. The second-order valence-electron chi connectivity index (χ2n) is 19.1. The minimum absolute atomic E-state index is 0.00373. The van der Waals surface area contributed by atoms with Crippen molar-refractivity contribution in [1.29, 1.82) is 0 Å². The van der Waals surface area contributed by atoms with E-state index in [0.29, 0.717) is 28.9 Å². The predicted molar refractivity (Wildman–Crippen MR) is 314 cm³/mol. The first-order valence-electron chi connectivity index (χ1n) is 25.5. The number of benzene rings is 3. The SMILES string of the molecule is CC(C)[C@H](NC(=O)c1cc(NC(=O)CCN2C(=O)C=CC2=O)cc(C(=O)N[C@H](CN[C@@H](CCCNC(N)=O)C(=O)Nc2ccc(COC(=O)I)cc2)C(C)C)c1)C(=O)N[C@@H](CCCNC(N)=O)C(=O)Nc1ccc(COC(=O)I)cc1. The number of carbonyl (C=O) groups excluding carboxylic acids is 12. The first kappa shape index (κ1) is 65.8. The maximum atomic E-state index is 14.3. The number of hydrogen-bond donors (Lipinski definition) is 11. The number of ether oxygens (including phenoxy) is 2. The first-order valence-corrected chi connectivity index (χ1v) is 27.7. The zero-order chi connectivity index (χ0) is 59.8. The molecule has 436 valence electrons. The fourth-order valence-corrected chi connectivity index (χ4v) is 8.09. The number of carbonyl (C=O) groups is 12. The smallest absolute Gasteiger partial charge is 0.367 e. The van der Waals surface area contributed by atoms with Crippen molar-refractivity contribution >= 4 is 130 Å². The Morgan fingerprint density at radius 2 is 1.04 bits per heavy atom. The first-order chi connectivity index (χ1) is 38.4.